The van der Waals surface area contributed by atoms with Crippen LogP contribution in [0.4, 0.5) is 10.5 Å². The van der Waals surface area contributed by atoms with Crippen molar-refractivity contribution in [3.8, 4) is 11.1 Å². The van der Waals surface area contributed by atoms with Crippen LogP contribution >= 0.6 is 0 Å². The highest BCUT2D eigenvalue weighted by molar-refractivity contribution is 5.97. The molecule has 0 aliphatic rings. The number of carbonyl (C=O) groups excluding carboxylic acids is 1. The van der Waals surface area contributed by atoms with E-state index in [1.807, 2.05) is 30.3 Å². The zero-order valence-corrected chi connectivity index (χ0v) is 12.8. The van der Waals surface area contributed by atoms with Gasteiger partial charge >= 0.3 is 6.16 Å². The van der Waals surface area contributed by atoms with Crippen molar-refractivity contribution in [1.82, 2.24) is 4.73 Å². The van der Waals surface area contributed by atoms with Crippen molar-refractivity contribution in [2.45, 2.75) is 6.92 Å². The molecule has 3 rings (SSSR count). The lowest BCUT2D eigenvalue weighted by atomic mass is 10.0. The molecule has 24 heavy (non-hydrogen) atoms. The lowest BCUT2D eigenvalue weighted by Gasteiger charge is -2.05. The number of aromatic nitrogens is 1. The third-order valence-corrected chi connectivity index (χ3v) is 3.48. The topological polar surface area (TPSA) is 83.6 Å². The average Bonchev–Trinajstić information content (AvgIpc) is 2.93. The van der Waals surface area contributed by atoms with E-state index in [2.05, 4.69) is 0 Å². The number of nitrogens with zero attached hydrogens (tertiary/aromatic N) is 2. The van der Waals surface area contributed by atoms with Crippen LogP contribution in [-0.4, -0.2) is 22.4 Å². The lowest BCUT2D eigenvalue weighted by Crippen LogP contribution is -2.19. The monoisotopic (exact) mass is 326 g/mol. The van der Waals surface area contributed by atoms with E-state index in [9.17, 15) is 14.9 Å². The quantitative estimate of drug-likeness (QED) is 0.413. The number of rotatable bonds is 4. The second-order valence-electron chi connectivity index (χ2n) is 4.97. The minimum atomic E-state index is -0.840. The second kappa shape index (κ2) is 6.41. The van der Waals surface area contributed by atoms with Crippen LogP contribution in [-0.2, 0) is 4.74 Å². The molecule has 0 bridgehead atoms. The molecule has 0 unspecified atom stereocenters. The zero-order chi connectivity index (χ0) is 17.1. The van der Waals surface area contributed by atoms with Crippen LogP contribution in [0.1, 0.15) is 6.92 Å². The summed E-state index contributed by atoms with van der Waals surface area (Å²) >= 11 is 0. The van der Waals surface area contributed by atoms with Crippen LogP contribution in [0.2, 0.25) is 0 Å². The number of non-ortho nitro benzene ring substituents is 1. The zero-order valence-electron chi connectivity index (χ0n) is 12.8. The minimum absolute atomic E-state index is 0.0337. The summed E-state index contributed by atoms with van der Waals surface area (Å²) in [5, 5.41) is 11.7. The predicted molar refractivity (Wildman–Crippen MR) is 87.6 cm³/mol. The number of fused-ring (bicyclic) bond motifs is 1. The maximum absolute atomic E-state index is 11.6. The standard InChI is InChI=1S/C17H14N2O5/c1-2-23-17(20)24-18-11-15(12-6-4-3-5-7-12)14-10-13(19(21)22)8-9-16(14)18/h3-11H,2H2,1H3. The number of hydrogen-bond acceptors (Lipinski definition) is 5. The molecule has 0 aliphatic carbocycles. The van der Waals surface area contributed by atoms with Gasteiger partial charge in [0.1, 0.15) is 0 Å². The summed E-state index contributed by atoms with van der Waals surface area (Å²) in [5.74, 6) is 0. The van der Waals surface area contributed by atoms with Crippen molar-refractivity contribution >= 4 is 22.7 Å². The van der Waals surface area contributed by atoms with Gasteiger partial charge in [0, 0.05) is 23.1 Å². The van der Waals surface area contributed by atoms with Crippen LogP contribution in [0.15, 0.2) is 54.7 Å². The fourth-order valence-electron chi connectivity index (χ4n) is 2.45. The molecule has 7 heteroatoms. The van der Waals surface area contributed by atoms with E-state index in [0.717, 1.165) is 11.1 Å². The Morgan fingerprint density at radius 3 is 2.62 bits per heavy atom. The first kappa shape index (κ1) is 15.5. The summed E-state index contributed by atoms with van der Waals surface area (Å²) in [4.78, 5) is 27.4. The van der Waals surface area contributed by atoms with Crippen molar-refractivity contribution in [3.05, 3.63) is 64.8 Å². The summed E-state index contributed by atoms with van der Waals surface area (Å²) in [6, 6.07) is 13.7. The van der Waals surface area contributed by atoms with Gasteiger partial charge in [0.15, 0.2) is 0 Å². The van der Waals surface area contributed by atoms with Crippen molar-refractivity contribution in [3.63, 3.8) is 0 Å². The first-order valence-corrected chi connectivity index (χ1v) is 7.30. The Bertz CT molecular complexity index is 902. The normalized spacial score (nSPS) is 10.5. The van der Waals surface area contributed by atoms with Crippen LogP contribution in [0.3, 0.4) is 0 Å². The second-order valence-corrected chi connectivity index (χ2v) is 4.97. The highest BCUT2D eigenvalue weighted by Crippen LogP contribution is 2.32. The molecule has 1 heterocycles. The Kier molecular flexibility index (Phi) is 4.15. The van der Waals surface area contributed by atoms with Crippen LogP contribution < -0.4 is 4.84 Å². The van der Waals surface area contributed by atoms with E-state index in [-0.39, 0.29) is 12.3 Å². The minimum Gasteiger partial charge on any atom is -0.433 e. The molecule has 2 aromatic carbocycles. The molecule has 3 aromatic rings. The Labute approximate surface area is 137 Å². The summed E-state index contributed by atoms with van der Waals surface area (Å²) in [7, 11) is 0. The van der Waals surface area contributed by atoms with E-state index in [0.29, 0.717) is 10.9 Å². The van der Waals surface area contributed by atoms with E-state index < -0.39 is 11.1 Å². The average molecular weight is 326 g/mol. The van der Waals surface area contributed by atoms with Crippen LogP contribution in [0.5, 0.6) is 0 Å². The van der Waals surface area contributed by atoms with Crippen molar-refractivity contribution < 1.29 is 19.3 Å². The van der Waals surface area contributed by atoms with Gasteiger partial charge in [-0.3, -0.25) is 10.1 Å². The maximum Gasteiger partial charge on any atom is 0.533 e. The predicted octanol–water partition coefficient (Wildman–Crippen LogP) is 3.80. The molecular weight excluding hydrogens is 312 g/mol. The number of hydrogen-bond donors (Lipinski definition) is 0. The largest absolute Gasteiger partial charge is 0.533 e. The Balaban J connectivity index is 2.16. The fraction of sp³-hybridized carbons (Fsp3) is 0.118. The van der Waals surface area contributed by atoms with Gasteiger partial charge in [-0.1, -0.05) is 30.3 Å². The fourth-order valence-corrected chi connectivity index (χ4v) is 2.45. The molecule has 0 saturated carbocycles. The molecule has 0 spiro atoms. The van der Waals surface area contributed by atoms with Gasteiger partial charge in [0.05, 0.1) is 23.2 Å². The molecule has 0 atom stereocenters. The molecule has 0 N–H and O–H groups in total. The van der Waals surface area contributed by atoms with Gasteiger partial charge in [-0.15, -0.1) is 0 Å². The molecule has 0 radical (unpaired) electrons. The van der Waals surface area contributed by atoms with E-state index >= 15 is 0 Å². The van der Waals surface area contributed by atoms with E-state index in [4.69, 9.17) is 9.57 Å². The Morgan fingerprint density at radius 2 is 1.96 bits per heavy atom. The first-order chi connectivity index (χ1) is 11.6. The van der Waals surface area contributed by atoms with Crippen molar-refractivity contribution in [1.29, 1.82) is 0 Å². The smallest absolute Gasteiger partial charge is 0.433 e. The van der Waals surface area contributed by atoms with Gasteiger partial charge in [0.2, 0.25) is 0 Å². The van der Waals surface area contributed by atoms with Gasteiger partial charge in [-0.25, -0.2) is 4.79 Å². The summed E-state index contributed by atoms with van der Waals surface area (Å²) < 4.78 is 6.04. The molecule has 7 nitrogen and oxygen atoms in total. The number of benzene rings is 2. The molecular formula is C17H14N2O5. The summed E-state index contributed by atoms with van der Waals surface area (Å²) in [5.41, 5.74) is 2.08. The number of ether oxygens (including phenoxy) is 1. The van der Waals surface area contributed by atoms with Gasteiger partial charge < -0.3 is 9.57 Å². The Morgan fingerprint density at radius 1 is 1.21 bits per heavy atom. The third-order valence-electron chi connectivity index (χ3n) is 3.48. The van der Waals surface area contributed by atoms with E-state index in [1.165, 1.54) is 16.9 Å². The molecule has 0 amide bonds. The summed E-state index contributed by atoms with van der Waals surface area (Å²) in [6.45, 7) is 1.86. The van der Waals surface area contributed by atoms with Crippen LogP contribution in [0, 0.1) is 10.1 Å². The van der Waals surface area contributed by atoms with Crippen molar-refractivity contribution in [2.75, 3.05) is 6.61 Å². The SMILES string of the molecule is CCOC(=O)On1cc(-c2ccccc2)c2cc([N+](=O)[O-])ccc21. The number of nitro benzene ring substituents is 1. The highest BCUT2D eigenvalue weighted by Gasteiger charge is 2.17. The number of carbonyl (C=O) groups is 1. The number of nitro groups is 1. The molecule has 0 saturated heterocycles. The van der Waals surface area contributed by atoms with E-state index in [1.54, 1.807) is 19.2 Å². The molecule has 0 fully saturated rings. The molecule has 122 valence electrons. The molecule has 1 aromatic heterocycles. The van der Waals surface area contributed by atoms with Crippen LogP contribution in [0.25, 0.3) is 22.0 Å². The van der Waals surface area contributed by atoms with Crippen molar-refractivity contribution in [2.24, 2.45) is 0 Å². The third kappa shape index (κ3) is 2.91. The lowest BCUT2D eigenvalue weighted by molar-refractivity contribution is -0.384. The van der Waals surface area contributed by atoms with Gasteiger partial charge in [-0.05, 0) is 18.6 Å². The summed E-state index contributed by atoms with van der Waals surface area (Å²) in [6.07, 6.45) is 0.771. The Hall–Kier alpha value is -3.35. The first-order valence-electron chi connectivity index (χ1n) is 7.30. The van der Waals surface area contributed by atoms with Gasteiger partial charge in [-0.2, -0.15) is 4.73 Å². The maximum atomic E-state index is 11.6. The highest BCUT2D eigenvalue weighted by atomic mass is 16.8. The molecule has 0 aliphatic heterocycles. The van der Waals surface area contributed by atoms with Gasteiger partial charge in [0.25, 0.3) is 5.69 Å².